The first-order valence-corrected chi connectivity index (χ1v) is 7.57. The predicted octanol–water partition coefficient (Wildman–Crippen LogP) is 4.05. The molecule has 0 bridgehead atoms. The van der Waals surface area contributed by atoms with Crippen LogP contribution in [0, 0.1) is 6.92 Å². The molecule has 0 aliphatic rings. The fourth-order valence-electron chi connectivity index (χ4n) is 1.79. The lowest BCUT2D eigenvalue weighted by molar-refractivity contribution is -0.141. The molecule has 0 atom stereocenters. The standard InChI is InChI=1S/C13H11BrClF3N4O/c1-7-11(15)12(13(16,17)18)21-22(7)5-4-10(23)20-9-3-2-8(14)6-19-9/h2-3,6H,4-5H2,1H3,(H,19,20,23). The van der Waals surface area contributed by atoms with E-state index in [-0.39, 0.29) is 24.6 Å². The number of halogens is 5. The Morgan fingerprint density at radius 1 is 1.43 bits per heavy atom. The van der Waals surface area contributed by atoms with Gasteiger partial charge in [0.05, 0.1) is 17.3 Å². The lowest BCUT2D eigenvalue weighted by Gasteiger charge is -2.06. The first-order chi connectivity index (χ1) is 10.7. The van der Waals surface area contributed by atoms with Gasteiger partial charge in [-0.3, -0.25) is 9.48 Å². The van der Waals surface area contributed by atoms with Crippen molar-refractivity contribution in [1.82, 2.24) is 14.8 Å². The van der Waals surface area contributed by atoms with Gasteiger partial charge >= 0.3 is 6.18 Å². The first kappa shape index (κ1) is 17.7. The molecule has 5 nitrogen and oxygen atoms in total. The summed E-state index contributed by atoms with van der Waals surface area (Å²) in [7, 11) is 0. The minimum absolute atomic E-state index is 0.0238. The van der Waals surface area contributed by atoms with Crippen LogP contribution in [-0.4, -0.2) is 20.7 Å². The van der Waals surface area contributed by atoms with E-state index in [1.54, 1.807) is 12.1 Å². The number of aryl methyl sites for hydroxylation is 1. The van der Waals surface area contributed by atoms with Gasteiger partial charge in [-0.05, 0) is 35.0 Å². The Hall–Kier alpha value is -1.61. The lowest BCUT2D eigenvalue weighted by atomic mass is 10.3. The van der Waals surface area contributed by atoms with Crippen LogP contribution in [0.5, 0.6) is 0 Å². The van der Waals surface area contributed by atoms with Crippen LogP contribution >= 0.6 is 27.5 Å². The van der Waals surface area contributed by atoms with Crippen LogP contribution in [-0.2, 0) is 17.5 Å². The molecule has 0 unspecified atom stereocenters. The molecule has 10 heteroatoms. The van der Waals surface area contributed by atoms with Crippen LogP contribution in [0.2, 0.25) is 5.02 Å². The maximum Gasteiger partial charge on any atom is 0.436 e. The SMILES string of the molecule is Cc1c(Cl)c(C(F)(F)F)nn1CCC(=O)Nc1ccc(Br)cn1. The Kier molecular flexibility index (Phi) is 5.30. The number of aromatic nitrogens is 3. The number of carbonyl (C=O) groups excluding carboxylic acids is 1. The number of nitrogens with zero attached hydrogens (tertiary/aromatic N) is 3. The van der Waals surface area contributed by atoms with Crippen molar-refractivity contribution < 1.29 is 18.0 Å². The fraction of sp³-hybridized carbons (Fsp3) is 0.308. The highest BCUT2D eigenvalue weighted by Gasteiger charge is 2.38. The van der Waals surface area contributed by atoms with Crippen LogP contribution in [0.25, 0.3) is 0 Å². The third-order valence-electron chi connectivity index (χ3n) is 2.95. The minimum atomic E-state index is -4.63. The van der Waals surface area contributed by atoms with Crippen molar-refractivity contribution in [2.45, 2.75) is 26.1 Å². The Balaban J connectivity index is 2.00. The second-order valence-corrected chi connectivity index (χ2v) is 5.92. The Bertz CT molecular complexity index is 715. The van der Waals surface area contributed by atoms with Crippen molar-refractivity contribution in [3.8, 4) is 0 Å². The highest BCUT2D eigenvalue weighted by Crippen LogP contribution is 2.35. The van der Waals surface area contributed by atoms with Gasteiger partial charge in [0.1, 0.15) is 5.82 Å². The molecule has 0 aliphatic carbocycles. The van der Waals surface area contributed by atoms with E-state index in [2.05, 4.69) is 31.3 Å². The number of carbonyl (C=O) groups is 1. The molecule has 1 amide bonds. The molecule has 1 N–H and O–H groups in total. The number of rotatable bonds is 4. The third-order valence-corrected chi connectivity index (χ3v) is 3.87. The van der Waals surface area contributed by atoms with E-state index in [4.69, 9.17) is 11.6 Å². The molecule has 0 spiro atoms. The van der Waals surface area contributed by atoms with Gasteiger partial charge in [0.2, 0.25) is 5.91 Å². The molecule has 0 fully saturated rings. The first-order valence-electron chi connectivity index (χ1n) is 6.40. The normalized spacial score (nSPS) is 11.6. The summed E-state index contributed by atoms with van der Waals surface area (Å²) in [5, 5.41) is 5.52. The van der Waals surface area contributed by atoms with Crippen molar-refractivity contribution in [2.75, 3.05) is 5.32 Å². The average Bonchev–Trinajstić information content (AvgIpc) is 2.75. The van der Waals surface area contributed by atoms with Crippen molar-refractivity contribution >= 4 is 39.3 Å². The molecule has 2 aromatic rings. The van der Waals surface area contributed by atoms with Gasteiger partial charge in [0.25, 0.3) is 0 Å². The lowest BCUT2D eigenvalue weighted by Crippen LogP contribution is -2.16. The molecule has 23 heavy (non-hydrogen) atoms. The summed E-state index contributed by atoms with van der Waals surface area (Å²) in [4.78, 5) is 15.8. The van der Waals surface area contributed by atoms with E-state index in [0.29, 0.717) is 5.82 Å². The maximum atomic E-state index is 12.7. The minimum Gasteiger partial charge on any atom is -0.311 e. The summed E-state index contributed by atoms with van der Waals surface area (Å²) in [5.41, 5.74) is -0.986. The van der Waals surface area contributed by atoms with E-state index in [1.165, 1.54) is 13.1 Å². The monoisotopic (exact) mass is 410 g/mol. The Morgan fingerprint density at radius 3 is 2.65 bits per heavy atom. The van der Waals surface area contributed by atoms with Gasteiger partial charge in [-0.15, -0.1) is 0 Å². The maximum absolute atomic E-state index is 12.7. The molecule has 2 aromatic heterocycles. The van der Waals surface area contributed by atoms with Gasteiger partial charge in [-0.1, -0.05) is 11.6 Å². The molecule has 2 rings (SSSR count). The molecule has 0 aromatic carbocycles. The molecule has 0 saturated heterocycles. The zero-order valence-electron chi connectivity index (χ0n) is 11.8. The van der Waals surface area contributed by atoms with E-state index in [0.717, 1.165) is 9.15 Å². The van der Waals surface area contributed by atoms with Gasteiger partial charge in [0, 0.05) is 17.1 Å². The summed E-state index contributed by atoms with van der Waals surface area (Å²) in [6.07, 6.45) is -3.17. The zero-order valence-corrected chi connectivity index (χ0v) is 14.1. The molecule has 2 heterocycles. The van der Waals surface area contributed by atoms with Gasteiger partial charge in [0.15, 0.2) is 5.69 Å². The highest BCUT2D eigenvalue weighted by molar-refractivity contribution is 9.10. The van der Waals surface area contributed by atoms with Gasteiger partial charge in [-0.2, -0.15) is 18.3 Å². The molecular formula is C13H11BrClF3N4O. The summed E-state index contributed by atoms with van der Waals surface area (Å²) < 4.78 is 40.0. The third kappa shape index (κ3) is 4.44. The molecule has 0 saturated carbocycles. The number of amides is 1. The second kappa shape index (κ2) is 6.88. The molecule has 0 aliphatic heterocycles. The van der Waals surface area contributed by atoms with E-state index < -0.39 is 16.9 Å². The summed E-state index contributed by atoms with van der Waals surface area (Å²) in [6, 6.07) is 3.30. The van der Waals surface area contributed by atoms with E-state index in [1.807, 2.05) is 0 Å². The average molecular weight is 412 g/mol. The summed E-state index contributed by atoms with van der Waals surface area (Å²) in [6.45, 7) is 1.39. The number of nitrogens with one attached hydrogen (secondary N) is 1. The van der Waals surface area contributed by atoms with Crippen LogP contribution < -0.4 is 5.32 Å². The highest BCUT2D eigenvalue weighted by atomic mass is 79.9. The van der Waals surface area contributed by atoms with Crippen LogP contribution in [0.3, 0.4) is 0 Å². The topological polar surface area (TPSA) is 59.8 Å². The number of alkyl halides is 3. The summed E-state index contributed by atoms with van der Waals surface area (Å²) >= 11 is 8.85. The number of anilines is 1. The van der Waals surface area contributed by atoms with E-state index in [9.17, 15) is 18.0 Å². The Morgan fingerprint density at radius 2 is 2.13 bits per heavy atom. The van der Waals surface area contributed by atoms with E-state index >= 15 is 0 Å². The van der Waals surface area contributed by atoms with Crippen molar-refractivity contribution in [2.24, 2.45) is 0 Å². The molecule has 124 valence electrons. The Labute approximate surface area is 143 Å². The van der Waals surface area contributed by atoms with Gasteiger partial charge in [-0.25, -0.2) is 4.98 Å². The summed E-state index contributed by atoms with van der Waals surface area (Å²) in [5.74, 6) is -0.0381. The largest absolute Gasteiger partial charge is 0.436 e. The number of hydrogen-bond donors (Lipinski definition) is 1. The smallest absolute Gasteiger partial charge is 0.311 e. The van der Waals surface area contributed by atoms with Crippen LogP contribution in [0.15, 0.2) is 22.8 Å². The number of hydrogen-bond acceptors (Lipinski definition) is 3. The number of pyridine rings is 1. The van der Waals surface area contributed by atoms with Crippen LogP contribution in [0.1, 0.15) is 17.8 Å². The zero-order chi connectivity index (χ0) is 17.2. The van der Waals surface area contributed by atoms with Crippen molar-refractivity contribution in [1.29, 1.82) is 0 Å². The molecule has 0 radical (unpaired) electrons. The van der Waals surface area contributed by atoms with Crippen LogP contribution in [0.4, 0.5) is 19.0 Å². The van der Waals surface area contributed by atoms with Crippen molar-refractivity contribution in [3.63, 3.8) is 0 Å². The predicted molar refractivity (Wildman–Crippen MR) is 82.2 cm³/mol. The van der Waals surface area contributed by atoms with Crippen molar-refractivity contribution in [3.05, 3.63) is 39.2 Å². The molecular weight excluding hydrogens is 401 g/mol. The van der Waals surface area contributed by atoms with Gasteiger partial charge < -0.3 is 5.32 Å². The quantitative estimate of drug-likeness (QED) is 0.826. The second-order valence-electron chi connectivity index (χ2n) is 4.63. The fourth-order valence-corrected chi connectivity index (χ4v) is 2.26.